The summed E-state index contributed by atoms with van der Waals surface area (Å²) in [6, 6.07) is 0. The third-order valence-electron chi connectivity index (χ3n) is 10.0. The predicted molar refractivity (Wildman–Crippen MR) is 196 cm³/mol. The minimum Gasteiger partial charge on any atom is -1.00 e. The summed E-state index contributed by atoms with van der Waals surface area (Å²) in [5.41, 5.74) is 0. The van der Waals surface area contributed by atoms with Gasteiger partial charge in [-0.25, -0.2) is 0 Å². The van der Waals surface area contributed by atoms with E-state index >= 15 is 0 Å². The molecule has 0 bridgehead atoms. The molecule has 2 atom stereocenters. The van der Waals surface area contributed by atoms with Crippen LogP contribution in [0.1, 0.15) is 194 Å². The van der Waals surface area contributed by atoms with Gasteiger partial charge in [0.2, 0.25) is 0 Å². The zero-order valence-corrected chi connectivity index (χ0v) is 35.5. The molecule has 2 N–H and O–H groups in total. The lowest BCUT2D eigenvalue weighted by Gasteiger charge is -2.36. The molecule has 0 aromatic carbocycles. The van der Waals surface area contributed by atoms with E-state index in [2.05, 4.69) is 42.0 Å². The highest BCUT2D eigenvalue weighted by atomic mass is 79.9. The lowest BCUT2D eigenvalue weighted by atomic mass is 10.0. The standard InChI is InChI=1S/C40H86N2O2.2BrH/c1-7-9-11-13-15-17-19-21-23-25-27-29-31-33-35-41(3,4)37-39(43)40(44)38-42(5,6)36-34-32-30-28-26-24-22-20-18-16-14-12-10-8-2;;/h39-40,43-44H,7-38H2,1-6H3;2*1H/q+2;;/p-2. The highest BCUT2D eigenvalue weighted by molar-refractivity contribution is 4.67. The first kappa shape index (κ1) is 51.2. The largest absolute Gasteiger partial charge is 1.00 e. The fraction of sp³-hybridized carbons (Fsp3) is 1.00. The third kappa shape index (κ3) is 36.1. The van der Waals surface area contributed by atoms with Crippen molar-refractivity contribution in [3.8, 4) is 0 Å². The SMILES string of the molecule is CCCCCCCCCCCCCCCC[N+](C)(C)CC(O)C(O)C[N+](C)(C)CCCCCCCCCCCCCCCC.[Br-].[Br-]. The van der Waals surface area contributed by atoms with Gasteiger partial charge >= 0.3 is 0 Å². The Morgan fingerprint density at radius 2 is 0.500 bits per heavy atom. The smallest absolute Gasteiger partial charge is 0.134 e. The van der Waals surface area contributed by atoms with Crippen molar-refractivity contribution in [1.82, 2.24) is 0 Å². The molecule has 0 aromatic heterocycles. The molecule has 0 spiro atoms. The van der Waals surface area contributed by atoms with Crippen molar-refractivity contribution >= 4 is 0 Å². The normalized spacial score (nSPS) is 13.3. The molecule has 282 valence electrons. The number of hydrogen-bond donors (Lipinski definition) is 2. The van der Waals surface area contributed by atoms with Crippen LogP contribution in [0.2, 0.25) is 0 Å². The first-order valence-electron chi connectivity index (χ1n) is 20.1. The predicted octanol–water partition coefficient (Wildman–Crippen LogP) is 4.83. The van der Waals surface area contributed by atoms with Gasteiger partial charge in [0, 0.05) is 0 Å². The number of nitrogens with zero attached hydrogens (tertiary/aromatic N) is 2. The van der Waals surface area contributed by atoms with Crippen LogP contribution in [-0.2, 0) is 0 Å². The highest BCUT2D eigenvalue weighted by Crippen LogP contribution is 2.16. The van der Waals surface area contributed by atoms with Gasteiger partial charge in [0.1, 0.15) is 25.3 Å². The Labute approximate surface area is 312 Å². The number of aliphatic hydroxyl groups is 2. The molecule has 4 nitrogen and oxygen atoms in total. The van der Waals surface area contributed by atoms with Crippen molar-refractivity contribution in [2.45, 2.75) is 206 Å². The van der Waals surface area contributed by atoms with Crippen molar-refractivity contribution in [2.24, 2.45) is 0 Å². The molecule has 0 aliphatic rings. The minimum absolute atomic E-state index is 0. The Morgan fingerprint density at radius 1 is 0.326 bits per heavy atom. The summed E-state index contributed by atoms with van der Waals surface area (Å²) >= 11 is 0. The van der Waals surface area contributed by atoms with E-state index < -0.39 is 12.2 Å². The van der Waals surface area contributed by atoms with E-state index in [0.29, 0.717) is 13.1 Å². The van der Waals surface area contributed by atoms with Crippen molar-refractivity contribution in [2.75, 3.05) is 54.4 Å². The fourth-order valence-electron chi connectivity index (χ4n) is 6.91. The number of hydrogen-bond acceptors (Lipinski definition) is 2. The van der Waals surface area contributed by atoms with E-state index in [1.807, 2.05) is 0 Å². The van der Waals surface area contributed by atoms with Gasteiger partial charge < -0.3 is 53.1 Å². The number of halogens is 2. The number of rotatable bonds is 35. The van der Waals surface area contributed by atoms with Gasteiger partial charge in [-0.15, -0.1) is 0 Å². The Bertz CT molecular complexity index is 542. The first-order chi connectivity index (χ1) is 21.1. The van der Waals surface area contributed by atoms with Crippen LogP contribution >= 0.6 is 0 Å². The van der Waals surface area contributed by atoms with Crippen molar-refractivity contribution in [3.63, 3.8) is 0 Å². The number of quaternary nitrogens is 2. The van der Waals surface area contributed by atoms with Gasteiger partial charge in [0.15, 0.2) is 0 Å². The lowest BCUT2D eigenvalue weighted by Crippen LogP contribution is -3.00. The molecule has 2 unspecified atom stereocenters. The lowest BCUT2D eigenvalue weighted by molar-refractivity contribution is -0.902. The Morgan fingerprint density at radius 3 is 0.696 bits per heavy atom. The highest BCUT2D eigenvalue weighted by Gasteiger charge is 2.30. The van der Waals surface area contributed by atoms with Gasteiger partial charge in [-0.1, -0.05) is 168 Å². The van der Waals surface area contributed by atoms with Gasteiger partial charge in [-0.3, -0.25) is 0 Å². The quantitative estimate of drug-likeness (QED) is 0.0715. The fourth-order valence-corrected chi connectivity index (χ4v) is 6.91. The molecular weight excluding hydrogens is 700 g/mol. The average Bonchev–Trinajstić information content (AvgIpc) is 2.97. The van der Waals surface area contributed by atoms with Crippen LogP contribution in [0.4, 0.5) is 0 Å². The van der Waals surface area contributed by atoms with Gasteiger partial charge in [-0.05, 0) is 25.7 Å². The zero-order chi connectivity index (χ0) is 32.8. The molecule has 0 aromatic rings. The Hall–Kier alpha value is 0.800. The van der Waals surface area contributed by atoms with E-state index in [1.54, 1.807) is 0 Å². The van der Waals surface area contributed by atoms with Crippen LogP contribution in [0.5, 0.6) is 0 Å². The molecule has 0 amide bonds. The van der Waals surface area contributed by atoms with Crippen LogP contribution in [0.25, 0.3) is 0 Å². The van der Waals surface area contributed by atoms with E-state index in [1.165, 1.54) is 180 Å². The molecule has 0 saturated heterocycles. The molecule has 0 rings (SSSR count). The van der Waals surface area contributed by atoms with Gasteiger partial charge in [-0.2, -0.15) is 0 Å². The summed E-state index contributed by atoms with van der Waals surface area (Å²) in [5.74, 6) is 0. The van der Waals surface area contributed by atoms with Crippen LogP contribution in [0.15, 0.2) is 0 Å². The monoisotopic (exact) mass is 785 g/mol. The second-order valence-electron chi connectivity index (χ2n) is 16.0. The summed E-state index contributed by atoms with van der Waals surface area (Å²) < 4.78 is 1.59. The summed E-state index contributed by atoms with van der Waals surface area (Å²) in [5, 5.41) is 21.7. The second-order valence-corrected chi connectivity index (χ2v) is 16.0. The van der Waals surface area contributed by atoms with E-state index in [-0.39, 0.29) is 34.0 Å². The molecule has 0 fully saturated rings. The zero-order valence-electron chi connectivity index (χ0n) is 32.3. The van der Waals surface area contributed by atoms with Crippen LogP contribution in [0, 0.1) is 0 Å². The number of likely N-dealkylation sites (N-methyl/N-ethyl adjacent to an activating group) is 2. The summed E-state index contributed by atoms with van der Waals surface area (Å²) in [4.78, 5) is 0. The molecule has 0 heterocycles. The first-order valence-corrected chi connectivity index (χ1v) is 20.1. The molecule has 0 saturated carbocycles. The number of aliphatic hydroxyl groups excluding tert-OH is 2. The average molecular weight is 787 g/mol. The molecule has 0 aliphatic carbocycles. The second kappa shape index (κ2) is 35.6. The van der Waals surface area contributed by atoms with Crippen LogP contribution in [0.3, 0.4) is 0 Å². The van der Waals surface area contributed by atoms with Crippen molar-refractivity contribution < 1.29 is 53.1 Å². The summed E-state index contributed by atoms with van der Waals surface area (Å²) in [6.45, 7) is 8.02. The molecule has 6 heteroatoms. The van der Waals surface area contributed by atoms with Gasteiger partial charge in [0.25, 0.3) is 0 Å². The van der Waals surface area contributed by atoms with Crippen LogP contribution < -0.4 is 34.0 Å². The summed E-state index contributed by atoms with van der Waals surface area (Å²) in [6.07, 6.45) is 37.5. The Kier molecular flexibility index (Phi) is 39.6. The third-order valence-corrected chi connectivity index (χ3v) is 10.0. The maximum atomic E-state index is 10.9. The molecule has 0 aliphatic heterocycles. The maximum Gasteiger partial charge on any atom is 0.134 e. The maximum absolute atomic E-state index is 10.9. The molecule has 0 radical (unpaired) electrons. The molecule has 46 heavy (non-hydrogen) atoms. The van der Waals surface area contributed by atoms with E-state index in [9.17, 15) is 10.2 Å². The van der Waals surface area contributed by atoms with Gasteiger partial charge in [0.05, 0.1) is 41.3 Å². The van der Waals surface area contributed by atoms with Crippen LogP contribution in [-0.4, -0.2) is 85.8 Å². The topological polar surface area (TPSA) is 40.5 Å². The Balaban J connectivity index is -0.00000924. The van der Waals surface area contributed by atoms with E-state index in [0.717, 1.165) is 22.1 Å². The van der Waals surface area contributed by atoms with Crippen molar-refractivity contribution in [3.05, 3.63) is 0 Å². The van der Waals surface area contributed by atoms with Crippen molar-refractivity contribution in [1.29, 1.82) is 0 Å². The van der Waals surface area contributed by atoms with E-state index in [4.69, 9.17) is 0 Å². The summed E-state index contributed by atoms with van der Waals surface area (Å²) in [7, 11) is 8.86. The molecular formula is C40H86Br2N2O2. The number of unbranched alkanes of at least 4 members (excludes halogenated alkanes) is 26. The minimum atomic E-state index is -0.648.